The maximum atomic E-state index is 9.70. The fourth-order valence-corrected chi connectivity index (χ4v) is 3.83. The Kier molecular flexibility index (Phi) is 5.94. The summed E-state index contributed by atoms with van der Waals surface area (Å²) in [6, 6.07) is 18.0. The van der Waals surface area contributed by atoms with Crippen LogP contribution in [0.15, 0.2) is 73.1 Å². The van der Waals surface area contributed by atoms with E-state index in [1.54, 1.807) is 45.6 Å². The summed E-state index contributed by atoms with van der Waals surface area (Å²) in [6.07, 6.45) is 4.12. The highest BCUT2D eigenvalue weighted by molar-refractivity contribution is 5.83. The van der Waals surface area contributed by atoms with Gasteiger partial charge in [0.25, 0.3) is 0 Å². The molecule has 0 unspecified atom stereocenters. The fraction of sp³-hybridized carbons (Fsp3) is 0.154. The van der Waals surface area contributed by atoms with Crippen LogP contribution in [0.25, 0.3) is 22.3 Å². The first kappa shape index (κ1) is 21.2. The SMILES string of the molecule is COc1ccc(Cn2cc(-c3ccc(O)cc3)c(-c3ccc(O)cc3)c2)c(OC)c1OC. The summed E-state index contributed by atoms with van der Waals surface area (Å²) in [5.74, 6) is 2.22. The predicted octanol–water partition coefficient (Wildman–Crippen LogP) is 5.31. The summed E-state index contributed by atoms with van der Waals surface area (Å²) >= 11 is 0. The second-order valence-corrected chi connectivity index (χ2v) is 7.35. The van der Waals surface area contributed by atoms with Crippen LogP contribution in [0.4, 0.5) is 0 Å². The summed E-state index contributed by atoms with van der Waals surface area (Å²) in [5, 5.41) is 19.4. The first-order chi connectivity index (χ1) is 15.5. The summed E-state index contributed by atoms with van der Waals surface area (Å²) in [5.41, 5.74) is 4.91. The number of phenolic OH excluding ortho intramolecular Hbond substituents is 2. The standard InChI is InChI=1S/C26H25NO5/c1-30-24-13-8-19(25(31-2)26(24)32-3)14-27-15-22(17-4-9-20(28)10-5-17)23(16-27)18-6-11-21(29)12-7-18/h4-13,15-16,28-29H,14H2,1-3H3. The van der Waals surface area contributed by atoms with Gasteiger partial charge in [-0.25, -0.2) is 0 Å². The second-order valence-electron chi connectivity index (χ2n) is 7.35. The van der Waals surface area contributed by atoms with E-state index in [4.69, 9.17) is 14.2 Å². The molecule has 0 saturated heterocycles. The molecule has 0 bridgehead atoms. The lowest BCUT2D eigenvalue weighted by Crippen LogP contribution is -2.02. The topological polar surface area (TPSA) is 73.1 Å². The van der Waals surface area contributed by atoms with E-state index in [1.807, 2.05) is 36.4 Å². The molecule has 1 heterocycles. The van der Waals surface area contributed by atoms with Crippen molar-refractivity contribution in [1.29, 1.82) is 0 Å². The summed E-state index contributed by atoms with van der Waals surface area (Å²) in [7, 11) is 4.79. The van der Waals surface area contributed by atoms with Crippen LogP contribution in [0.2, 0.25) is 0 Å². The Morgan fingerprint density at radius 3 is 1.56 bits per heavy atom. The van der Waals surface area contributed by atoms with Crippen LogP contribution in [0.5, 0.6) is 28.7 Å². The fourth-order valence-electron chi connectivity index (χ4n) is 3.83. The number of methoxy groups -OCH3 is 3. The number of phenols is 2. The number of hydrogen-bond acceptors (Lipinski definition) is 5. The van der Waals surface area contributed by atoms with E-state index in [-0.39, 0.29) is 11.5 Å². The molecule has 32 heavy (non-hydrogen) atoms. The van der Waals surface area contributed by atoms with E-state index < -0.39 is 0 Å². The first-order valence-corrected chi connectivity index (χ1v) is 10.1. The normalized spacial score (nSPS) is 10.7. The highest BCUT2D eigenvalue weighted by Gasteiger charge is 2.18. The first-order valence-electron chi connectivity index (χ1n) is 10.1. The van der Waals surface area contributed by atoms with Crippen molar-refractivity contribution in [2.45, 2.75) is 6.54 Å². The molecule has 164 valence electrons. The molecule has 0 aliphatic rings. The molecule has 0 radical (unpaired) electrons. The summed E-state index contributed by atoms with van der Waals surface area (Å²) in [4.78, 5) is 0. The lowest BCUT2D eigenvalue weighted by molar-refractivity contribution is 0.322. The van der Waals surface area contributed by atoms with E-state index in [0.29, 0.717) is 23.8 Å². The quantitative estimate of drug-likeness (QED) is 0.415. The van der Waals surface area contributed by atoms with Gasteiger partial charge >= 0.3 is 0 Å². The van der Waals surface area contributed by atoms with Crippen molar-refractivity contribution >= 4 is 0 Å². The maximum absolute atomic E-state index is 9.70. The molecule has 0 amide bonds. The zero-order valence-corrected chi connectivity index (χ0v) is 18.2. The number of benzene rings is 3. The molecule has 4 rings (SSSR count). The third-order valence-electron chi connectivity index (χ3n) is 5.38. The van der Waals surface area contributed by atoms with Gasteiger partial charge in [-0.15, -0.1) is 0 Å². The van der Waals surface area contributed by atoms with E-state index in [1.165, 1.54) is 0 Å². The molecule has 0 spiro atoms. The molecule has 0 aliphatic heterocycles. The molecule has 0 fully saturated rings. The smallest absolute Gasteiger partial charge is 0.203 e. The maximum Gasteiger partial charge on any atom is 0.203 e. The summed E-state index contributed by atoms with van der Waals surface area (Å²) < 4.78 is 18.6. The lowest BCUT2D eigenvalue weighted by atomic mass is 9.99. The average Bonchev–Trinajstić information content (AvgIpc) is 3.23. The number of aromatic hydroxyl groups is 2. The molecule has 1 aromatic heterocycles. The number of hydrogen-bond donors (Lipinski definition) is 2. The highest BCUT2D eigenvalue weighted by atomic mass is 16.5. The van der Waals surface area contributed by atoms with Crippen molar-refractivity contribution in [2.24, 2.45) is 0 Å². The Morgan fingerprint density at radius 2 is 1.12 bits per heavy atom. The minimum Gasteiger partial charge on any atom is -0.508 e. The van der Waals surface area contributed by atoms with Gasteiger partial charge in [0, 0.05) is 29.1 Å². The van der Waals surface area contributed by atoms with E-state index in [2.05, 4.69) is 17.0 Å². The van der Waals surface area contributed by atoms with Gasteiger partial charge in [-0.05, 0) is 47.5 Å². The molecule has 2 N–H and O–H groups in total. The van der Waals surface area contributed by atoms with Crippen LogP contribution in [0, 0.1) is 0 Å². The molecule has 3 aromatic carbocycles. The number of rotatable bonds is 7. The molecule has 6 heteroatoms. The minimum atomic E-state index is 0.217. The zero-order valence-electron chi connectivity index (χ0n) is 18.2. The Hall–Kier alpha value is -4.06. The van der Waals surface area contributed by atoms with Crippen LogP contribution in [0.3, 0.4) is 0 Å². The Balaban J connectivity index is 1.80. The zero-order chi connectivity index (χ0) is 22.7. The van der Waals surface area contributed by atoms with E-state index in [9.17, 15) is 10.2 Å². The number of nitrogens with zero attached hydrogens (tertiary/aromatic N) is 1. The molecule has 6 nitrogen and oxygen atoms in total. The van der Waals surface area contributed by atoms with Crippen molar-refractivity contribution in [3.05, 3.63) is 78.6 Å². The monoisotopic (exact) mass is 431 g/mol. The van der Waals surface area contributed by atoms with Crippen LogP contribution in [-0.4, -0.2) is 36.1 Å². The molecular formula is C26H25NO5. The van der Waals surface area contributed by atoms with Gasteiger partial charge in [0.2, 0.25) is 5.75 Å². The molecule has 0 aliphatic carbocycles. The van der Waals surface area contributed by atoms with Crippen LogP contribution in [0.1, 0.15) is 5.56 Å². The van der Waals surface area contributed by atoms with Crippen molar-refractivity contribution in [1.82, 2.24) is 4.57 Å². The number of aromatic nitrogens is 1. The Bertz CT molecular complexity index is 1150. The van der Waals surface area contributed by atoms with Gasteiger partial charge < -0.3 is 29.0 Å². The molecule has 0 saturated carbocycles. The van der Waals surface area contributed by atoms with Gasteiger partial charge in [-0.1, -0.05) is 24.3 Å². The highest BCUT2D eigenvalue weighted by Crippen LogP contribution is 2.41. The van der Waals surface area contributed by atoms with Crippen LogP contribution >= 0.6 is 0 Å². The van der Waals surface area contributed by atoms with Crippen molar-refractivity contribution in [3.8, 4) is 51.0 Å². The van der Waals surface area contributed by atoms with Crippen LogP contribution in [-0.2, 0) is 6.54 Å². The minimum absolute atomic E-state index is 0.217. The summed E-state index contributed by atoms with van der Waals surface area (Å²) in [6.45, 7) is 0.548. The number of ether oxygens (including phenoxy) is 3. The predicted molar refractivity (Wildman–Crippen MR) is 124 cm³/mol. The van der Waals surface area contributed by atoms with Crippen molar-refractivity contribution < 1.29 is 24.4 Å². The van der Waals surface area contributed by atoms with Gasteiger partial charge in [0.15, 0.2) is 11.5 Å². The molecular weight excluding hydrogens is 406 g/mol. The largest absolute Gasteiger partial charge is 0.508 e. The average molecular weight is 431 g/mol. The van der Waals surface area contributed by atoms with Gasteiger partial charge in [0.05, 0.1) is 27.9 Å². The Morgan fingerprint density at radius 1 is 0.625 bits per heavy atom. The van der Waals surface area contributed by atoms with Gasteiger partial charge in [-0.3, -0.25) is 0 Å². The third kappa shape index (κ3) is 4.07. The van der Waals surface area contributed by atoms with Crippen molar-refractivity contribution in [2.75, 3.05) is 21.3 Å². The Labute approximate surface area is 186 Å². The van der Waals surface area contributed by atoms with Crippen LogP contribution < -0.4 is 14.2 Å². The van der Waals surface area contributed by atoms with Gasteiger partial charge in [0.1, 0.15) is 11.5 Å². The van der Waals surface area contributed by atoms with Gasteiger partial charge in [-0.2, -0.15) is 0 Å². The van der Waals surface area contributed by atoms with E-state index in [0.717, 1.165) is 27.8 Å². The second kappa shape index (κ2) is 8.98. The lowest BCUT2D eigenvalue weighted by Gasteiger charge is -2.16. The molecule has 4 aromatic rings. The van der Waals surface area contributed by atoms with E-state index >= 15 is 0 Å². The third-order valence-corrected chi connectivity index (χ3v) is 5.38. The van der Waals surface area contributed by atoms with Crippen molar-refractivity contribution in [3.63, 3.8) is 0 Å². The molecule has 0 atom stereocenters.